The molecule has 12 heavy (non-hydrogen) atoms. The van der Waals surface area contributed by atoms with Gasteiger partial charge in [0.25, 0.3) is 0 Å². The SMILES string of the molecule is O=C1CNC(c2ccccc2)S1. The molecule has 1 unspecified atom stereocenters. The van der Waals surface area contributed by atoms with E-state index in [2.05, 4.69) is 5.32 Å². The van der Waals surface area contributed by atoms with Gasteiger partial charge in [-0.3, -0.25) is 10.1 Å². The molecule has 0 amide bonds. The van der Waals surface area contributed by atoms with Gasteiger partial charge < -0.3 is 0 Å². The predicted molar refractivity (Wildman–Crippen MR) is 49.8 cm³/mol. The molecule has 1 aromatic rings. The number of carbonyl (C=O) groups is 1. The van der Waals surface area contributed by atoms with Crippen molar-refractivity contribution in [3.8, 4) is 0 Å². The Kier molecular flexibility index (Phi) is 2.15. The van der Waals surface area contributed by atoms with Crippen LogP contribution < -0.4 is 5.32 Å². The number of rotatable bonds is 1. The Morgan fingerprint density at radius 1 is 1.33 bits per heavy atom. The van der Waals surface area contributed by atoms with Crippen molar-refractivity contribution in [2.24, 2.45) is 0 Å². The van der Waals surface area contributed by atoms with Crippen molar-refractivity contribution < 1.29 is 4.79 Å². The van der Waals surface area contributed by atoms with Crippen molar-refractivity contribution in [3.05, 3.63) is 35.9 Å². The maximum Gasteiger partial charge on any atom is 0.204 e. The highest BCUT2D eigenvalue weighted by molar-refractivity contribution is 8.14. The molecule has 2 nitrogen and oxygen atoms in total. The molecule has 0 aromatic heterocycles. The molecule has 1 saturated heterocycles. The van der Waals surface area contributed by atoms with Crippen LogP contribution in [0.2, 0.25) is 0 Å². The second-order valence-electron chi connectivity index (χ2n) is 2.66. The van der Waals surface area contributed by atoms with Crippen LogP contribution in [0.25, 0.3) is 0 Å². The summed E-state index contributed by atoms with van der Waals surface area (Å²) in [6.45, 7) is 0.490. The van der Waals surface area contributed by atoms with Gasteiger partial charge in [0.05, 0.1) is 11.9 Å². The molecule has 0 spiro atoms. The van der Waals surface area contributed by atoms with Crippen LogP contribution in [-0.2, 0) is 4.79 Å². The zero-order chi connectivity index (χ0) is 8.39. The van der Waals surface area contributed by atoms with Gasteiger partial charge in [0.1, 0.15) is 0 Å². The first-order chi connectivity index (χ1) is 5.86. The van der Waals surface area contributed by atoms with E-state index >= 15 is 0 Å². The molecule has 1 fully saturated rings. The summed E-state index contributed by atoms with van der Waals surface area (Å²) < 4.78 is 0. The third kappa shape index (κ3) is 1.52. The highest BCUT2D eigenvalue weighted by atomic mass is 32.2. The monoisotopic (exact) mass is 179 g/mol. The number of thioether (sulfide) groups is 1. The van der Waals surface area contributed by atoms with Crippen LogP contribution in [0, 0.1) is 0 Å². The van der Waals surface area contributed by atoms with Crippen LogP contribution in [0.15, 0.2) is 30.3 Å². The van der Waals surface area contributed by atoms with Gasteiger partial charge in [-0.25, -0.2) is 0 Å². The van der Waals surface area contributed by atoms with Crippen molar-refractivity contribution >= 4 is 16.9 Å². The molecule has 62 valence electrons. The Morgan fingerprint density at radius 2 is 2.08 bits per heavy atom. The van der Waals surface area contributed by atoms with Gasteiger partial charge in [0.15, 0.2) is 0 Å². The third-order valence-corrected chi connectivity index (χ3v) is 2.87. The summed E-state index contributed by atoms with van der Waals surface area (Å²) in [5.74, 6) is 0. The van der Waals surface area contributed by atoms with E-state index in [1.54, 1.807) is 0 Å². The number of hydrogen-bond donors (Lipinski definition) is 1. The number of nitrogens with one attached hydrogen (secondary N) is 1. The highest BCUT2D eigenvalue weighted by Crippen LogP contribution is 2.30. The van der Waals surface area contributed by atoms with Gasteiger partial charge in [-0.2, -0.15) is 0 Å². The van der Waals surface area contributed by atoms with Crippen molar-refractivity contribution in [3.63, 3.8) is 0 Å². The molecule has 1 aromatic carbocycles. The summed E-state index contributed by atoms with van der Waals surface area (Å²) >= 11 is 1.37. The zero-order valence-corrected chi connectivity index (χ0v) is 7.30. The molecule has 1 atom stereocenters. The summed E-state index contributed by atoms with van der Waals surface area (Å²) in [6.07, 6.45) is 0. The van der Waals surface area contributed by atoms with Crippen LogP contribution in [0.1, 0.15) is 10.9 Å². The summed E-state index contributed by atoms with van der Waals surface area (Å²) in [5, 5.41) is 3.53. The molecular weight excluding hydrogens is 170 g/mol. The van der Waals surface area contributed by atoms with Crippen LogP contribution in [0.5, 0.6) is 0 Å². The molecule has 0 bridgehead atoms. The minimum Gasteiger partial charge on any atom is -0.293 e. The molecule has 0 radical (unpaired) electrons. The number of hydrogen-bond acceptors (Lipinski definition) is 3. The molecule has 0 aliphatic carbocycles. The Morgan fingerprint density at radius 3 is 2.67 bits per heavy atom. The van der Waals surface area contributed by atoms with E-state index in [4.69, 9.17) is 0 Å². The van der Waals surface area contributed by atoms with E-state index < -0.39 is 0 Å². The summed E-state index contributed by atoms with van der Waals surface area (Å²) in [5.41, 5.74) is 1.17. The molecular formula is C9H9NOS. The first kappa shape index (κ1) is 7.83. The fraction of sp³-hybridized carbons (Fsp3) is 0.222. The topological polar surface area (TPSA) is 29.1 Å². The zero-order valence-electron chi connectivity index (χ0n) is 6.49. The standard InChI is InChI=1S/C9H9NOS/c11-8-6-10-9(12-8)7-4-2-1-3-5-7/h1-5,9-10H,6H2. The molecule has 1 heterocycles. The van der Waals surface area contributed by atoms with E-state index in [0.29, 0.717) is 6.54 Å². The normalized spacial score (nSPS) is 23.0. The smallest absolute Gasteiger partial charge is 0.204 e. The van der Waals surface area contributed by atoms with E-state index in [0.717, 1.165) is 0 Å². The van der Waals surface area contributed by atoms with Gasteiger partial charge in [-0.1, -0.05) is 42.1 Å². The van der Waals surface area contributed by atoms with Crippen molar-refractivity contribution in [2.45, 2.75) is 5.37 Å². The fourth-order valence-electron chi connectivity index (χ4n) is 1.20. The lowest BCUT2D eigenvalue weighted by Gasteiger charge is -2.06. The number of carbonyl (C=O) groups excluding carboxylic acids is 1. The lowest BCUT2D eigenvalue weighted by molar-refractivity contribution is -0.109. The van der Waals surface area contributed by atoms with E-state index in [-0.39, 0.29) is 10.5 Å². The number of benzene rings is 1. The van der Waals surface area contributed by atoms with Gasteiger partial charge in [0, 0.05) is 0 Å². The highest BCUT2D eigenvalue weighted by Gasteiger charge is 2.22. The third-order valence-electron chi connectivity index (χ3n) is 1.78. The molecule has 1 aliphatic rings. The Bertz CT molecular complexity index is 286. The molecule has 3 heteroatoms. The quantitative estimate of drug-likeness (QED) is 0.709. The lowest BCUT2D eigenvalue weighted by atomic mass is 10.2. The Balaban J connectivity index is 2.16. The van der Waals surface area contributed by atoms with E-state index in [1.165, 1.54) is 17.3 Å². The van der Waals surface area contributed by atoms with Crippen molar-refractivity contribution in [2.75, 3.05) is 6.54 Å². The fourth-order valence-corrected chi connectivity index (χ4v) is 2.09. The molecule has 1 N–H and O–H groups in total. The molecule has 1 aliphatic heterocycles. The molecule has 0 saturated carbocycles. The van der Waals surface area contributed by atoms with Gasteiger partial charge in [-0.15, -0.1) is 0 Å². The van der Waals surface area contributed by atoms with Crippen LogP contribution in [-0.4, -0.2) is 11.7 Å². The minimum absolute atomic E-state index is 0.165. The lowest BCUT2D eigenvalue weighted by Crippen LogP contribution is -2.12. The van der Waals surface area contributed by atoms with Crippen LogP contribution in [0.4, 0.5) is 0 Å². The van der Waals surface area contributed by atoms with Crippen LogP contribution in [0.3, 0.4) is 0 Å². The van der Waals surface area contributed by atoms with Gasteiger partial charge in [0.2, 0.25) is 5.12 Å². The predicted octanol–water partition coefficient (Wildman–Crippen LogP) is 1.55. The average molecular weight is 179 g/mol. The maximum absolute atomic E-state index is 10.9. The van der Waals surface area contributed by atoms with Crippen molar-refractivity contribution in [1.29, 1.82) is 0 Å². The first-order valence-corrected chi connectivity index (χ1v) is 4.72. The maximum atomic E-state index is 10.9. The second kappa shape index (κ2) is 3.29. The van der Waals surface area contributed by atoms with E-state index in [9.17, 15) is 4.79 Å². The molecule has 2 rings (SSSR count). The summed E-state index contributed by atoms with van der Waals surface area (Å²) in [4.78, 5) is 10.9. The van der Waals surface area contributed by atoms with Gasteiger partial charge in [-0.05, 0) is 5.56 Å². The second-order valence-corrected chi connectivity index (χ2v) is 3.82. The first-order valence-electron chi connectivity index (χ1n) is 3.84. The Labute approximate surface area is 75.4 Å². The minimum atomic E-state index is 0.165. The van der Waals surface area contributed by atoms with Crippen LogP contribution >= 0.6 is 11.8 Å². The largest absolute Gasteiger partial charge is 0.293 e. The Hall–Kier alpha value is -0.800. The summed E-state index contributed by atoms with van der Waals surface area (Å²) in [7, 11) is 0. The summed E-state index contributed by atoms with van der Waals surface area (Å²) in [6, 6.07) is 10.0. The van der Waals surface area contributed by atoms with Gasteiger partial charge >= 0.3 is 0 Å². The average Bonchev–Trinajstić information content (AvgIpc) is 2.54. The van der Waals surface area contributed by atoms with Crippen molar-refractivity contribution in [1.82, 2.24) is 5.32 Å². The van der Waals surface area contributed by atoms with E-state index in [1.807, 2.05) is 30.3 Å².